The molecule has 1 amide bonds. The number of carbonyl (C=O) groups is 1. The van der Waals surface area contributed by atoms with Crippen molar-refractivity contribution in [2.24, 2.45) is 13.0 Å². The van der Waals surface area contributed by atoms with Gasteiger partial charge in [0.25, 0.3) is 6.43 Å². The number of benzene rings is 1. The molecule has 1 unspecified atom stereocenters. The van der Waals surface area contributed by atoms with E-state index in [9.17, 15) is 13.6 Å². The fourth-order valence-corrected chi connectivity index (χ4v) is 3.77. The third kappa shape index (κ3) is 4.12. The lowest BCUT2D eigenvalue weighted by Crippen LogP contribution is -2.30. The Morgan fingerprint density at radius 3 is 2.79 bits per heavy atom. The number of hydrogen-bond donors (Lipinski definition) is 1. The van der Waals surface area contributed by atoms with Crippen LogP contribution in [0.25, 0.3) is 22.0 Å². The first-order valence-corrected chi connectivity index (χ1v) is 9.60. The Morgan fingerprint density at radius 1 is 1.24 bits per heavy atom. The van der Waals surface area contributed by atoms with Gasteiger partial charge in [-0.25, -0.2) is 18.7 Å². The summed E-state index contributed by atoms with van der Waals surface area (Å²) in [5.74, 6) is 0.926. The number of anilines is 1. The summed E-state index contributed by atoms with van der Waals surface area (Å²) in [6.45, 7) is 2.54. The average Bonchev–Trinajstić information content (AvgIpc) is 3.28. The largest absolute Gasteiger partial charge is 0.331 e. The van der Waals surface area contributed by atoms with Gasteiger partial charge in [-0.1, -0.05) is 12.1 Å². The van der Waals surface area contributed by atoms with Crippen molar-refractivity contribution in [1.29, 1.82) is 0 Å². The number of hydrogen-bond acceptors (Lipinski definition) is 4. The highest BCUT2D eigenvalue weighted by Gasteiger charge is 2.29. The van der Waals surface area contributed by atoms with Crippen LogP contribution in [0.5, 0.6) is 0 Å². The molecule has 1 N–H and O–H groups in total. The van der Waals surface area contributed by atoms with Crippen molar-refractivity contribution in [1.82, 2.24) is 19.4 Å². The molecule has 0 aliphatic carbocycles. The van der Waals surface area contributed by atoms with Gasteiger partial charge < -0.3 is 9.88 Å². The molecule has 1 fully saturated rings. The molecule has 1 atom stereocenters. The van der Waals surface area contributed by atoms with E-state index in [-0.39, 0.29) is 18.4 Å². The summed E-state index contributed by atoms with van der Waals surface area (Å²) in [4.78, 5) is 22.8. The van der Waals surface area contributed by atoms with Crippen LogP contribution < -0.4 is 5.32 Å². The summed E-state index contributed by atoms with van der Waals surface area (Å²) in [5, 5.41) is 4.77. The molecule has 2 aromatic heterocycles. The Balaban J connectivity index is 1.51. The molecule has 152 valence electrons. The van der Waals surface area contributed by atoms with Gasteiger partial charge in [-0.15, -0.1) is 0 Å². The normalized spacial score (nSPS) is 17.3. The lowest BCUT2D eigenvalue weighted by Gasteiger charge is -2.15. The molecule has 4 rings (SSSR count). The molecule has 1 aromatic carbocycles. The highest BCUT2D eigenvalue weighted by molar-refractivity contribution is 5.95. The smallest absolute Gasteiger partial charge is 0.251 e. The van der Waals surface area contributed by atoms with Crippen LogP contribution in [0.4, 0.5) is 14.6 Å². The molecule has 0 radical (unpaired) electrons. The van der Waals surface area contributed by atoms with Crippen molar-refractivity contribution in [3.8, 4) is 11.3 Å². The van der Waals surface area contributed by atoms with Crippen LogP contribution in [0, 0.1) is 12.8 Å². The molecule has 1 aliphatic rings. The number of likely N-dealkylation sites (tertiary alicyclic amines) is 1. The van der Waals surface area contributed by atoms with Crippen molar-refractivity contribution in [2.75, 3.05) is 25.0 Å². The number of nitrogens with zero attached hydrogens (tertiary/aromatic N) is 4. The lowest BCUT2D eigenvalue weighted by atomic mass is 10.1. The predicted octanol–water partition coefficient (Wildman–Crippen LogP) is 3.47. The van der Waals surface area contributed by atoms with Crippen LogP contribution in [-0.4, -0.2) is 51.4 Å². The van der Waals surface area contributed by atoms with Crippen LogP contribution in [0.1, 0.15) is 12.2 Å². The van der Waals surface area contributed by atoms with Gasteiger partial charge in [0.05, 0.1) is 24.4 Å². The molecule has 0 bridgehead atoms. The van der Waals surface area contributed by atoms with Gasteiger partial charge in [-0.3, -0.25) is 9.69 Å². The Hall–Kier alpha value is -2.87. The zero-order chi connectivity index (χ0) is 20.5. The first kappa shape index (κ1) is 19.4. The summed E-state index contributed by atoms with van der Waals surface area (Å²) in [7, 11) is 1.97. The standard InChI is InChI=1S/C21H23F2N5O/c1-13-24-10-18(27(13)2)14-3-4-15-9-25-20(8-17(15)7-14)26-21(29)16-5-6-28(11-16)12-19(22)23/h3-4,7-10,16,19H,5-6,11-12H2,1-2H3,(H,25,26,29). The zero-order valence-corrected chi connectivity index (χ0v) is 16.4. The van der Waals surface area contributed by atoms with E-state index in [4.69, 9.17) is 0 Å². The molecule has 1 aliphatic heterocycles. The SMILES string of the molecule is Cc1ncc(-c2ccc3cnc(NC(=O)C4CCN(CC(F)F)C4)cc3c2)n1C. The number of pyridine rings is 1. The Morgan fingerprint density at radius 2 is 2.07 bits per heavy atom. The van der Waals surface area contributed by atoms with E-state index in [1.54, 1.807) is 11.1 Å². The Kier molecular flexibility index (Phi) is 5.27. The zero-order valence-electron chi connectivity index (χ0n) is 16.4. The molecule has 3 heterocycles. The average molecular weight is 399 g/mol. The summed E-state index contributed by atoms with van der Waals surface area (Å²) >= 11 is 0. The van der Waals surface area contributed by atoms with Crippen LogP contribution in [0.15, 0.2) is 36.7 Å². The highest BCUT2D eigenvalue weighted by Crippen LogP contribution is 2.26. The number of imidazole rings is 1. The van der Waals surface area contributed by atoms with Gasteiger partial charge >= 0.3 is 0 Å². The fourth-order valence-electron chi connectivity index (χ4n) is 3.77. The summed E-state index contributed by atoms with van der Waals surface area (Å²) in [6, 6.07) is 7.90. The number of fused-ring (bicyclic) bond motifs is 1. The van der Waals surface area contributed by atoms with Gasteiger partial charge in [0, 0.05) is 30.7 Å². The number of rotatable bonds is 5. The van der Waals surface area contributed by atoms with Gasteiger partial charge in [0.1, 0.15) is 11.6 Å². The van der Waals surface area contributed by atoms with E-state index in [0.717, 1.165) is 27.9 Å². The van der Waals surface area contributed by atoms with Crippen molar-refractivity contribution >= 4 is 22.5 Å². The summed E-state index contributed by atoms with van der Waals surface area (Å²) in [5.41, 5.74) is 2.04. The van der Waals surface area contributed by atoms with Gasteiger partial charge in [-0.2, -0.15) is 0 Å². The van der Waals surface area contributed by atoms with Crippen molar-refractivity contribution in [3.63, 3.8) is 0 Å². The number of aryl methyl sites for hydroxylation is 1. The van der Waals surface area contributed by atoms with E-state index >= 15 is 0 Å². The molecular weight excluding hydrogens is 376 g/mol. The molecule has 1 saturated heterocycles. The molecular formula is C21H23F2N5O. The molecule has 29 heavy (non-hydrogen) atoms. The van der Waals surface area contributed by atoms with Crippen molar-refractivity contribution < 1.29 is 13.6 Å². The van der Waals surface area contributed by atoms with Crippen molar-refractivity contribution in [2.45, 2.75) is 19.8 Å². The second kappa shape index (κ2) is 7.87. The van der Waals surface area contributed by atoms with Gasteiger partial charge in [0.15, 0.2) is 0 Å². The number of aromatic nitrogens is 3. The van der Waals surface area contributed by atoms with E-state index in [1.807, 2.05) is 49.0 Å². The maximum atomic E-state index is 12.5. The number of carbonyl (C=O) groups excluding carboxylic acids is 1. The van der Waals surface area contributed by atoms with E-state index in [1.165, 1.54) is 0 Å². The maximum absolute atomic E-state index is 12.5. The number of nitrogens with one attached hydrogen (secondary N) is 1. The van der Waals surface area contributed by atoms with Crippen LogP contribution >= 0.6 is 0 Å². The summed E-state index contributed by atoms with van der Waals surface area (Å²) < 4.78 is 27.1. The number of halogens is 2. The summed E-state index contributed by atoms with van der Waals surface area (Å²) in [6.07, 6.45) is 1.76. The second-order valence-electron chi connectivity index (χ2n) is 7.51. The fraction of sp³-hybridized carbons (Fsp3) is 0.381. The minimum atomic E-state index is -2.38. The first-order valence-electron chi connectivity index (χ1n) is 9.60. The highest BCUT2D eigenvalue weighted by atomic mass is 19.3. The molecule has 3 aromatic rings. The van der Waals surface area contributed by atoms with Crippen LogP contribution in [-0.2, 0) is 11.8 Å². The van der Waals surface area contributed by atoms with E-state index in [0.29, 0.717) is 25.3 Å². The quantitative estimate of drug-likeness (QED) is 0.714. The Bertz CT molecular complexity index is 1050. The molecule has 0 saturated carbocycles. The van der Waals surface area contributed by atoms with Crippen LogP contribution in [0.3, 0.4) is 0 Å². The molecule has 8 heteroatoms. The van der Waals surface area contributed by atoms with E-state index in [2.05, 4.69) is 15.3 Å². The molecule has 0 spiro atoms. The number of amides is 1. The van der Waals surface area contributed by atoms with Gasteiger partial charge in [0.2, 0.25) is 5.91 Å². The first-order chi connectivity index (χ1) is 13.9. The number of alkyl halides is 2. The second-order valence-corrected chi connectivity index (χ2v) is 7.51. The lowest BCUT2D eigenvalue weighted by molar-refractivity contribution is -0.119. The van der Waals surface area contributed by atoms with E-state index < -0.39 is 6.43 Å². The third-order valence-electron chi connectivity index (χ3n) is 5.53. The van der Waals surface area contributed by atoms with Crippen molar-refractivity contribution in [3.05, 3.63) is 42.5 Å². The maximum Gasteiger partial charge on any atom is 0.251 e. The van der Waals surface area contributed by atoms with Gasteiger partial charge in [-0.05, 0) is 37.4 Å². The topological polar surface area (TPSA) is 63.1 Å². The predicted molar refractivity (Wildman–Crippen MR) is 108 cm³/mol. The van der Waals surface area contributed by atoms with Crippen LogP contribution in [0.2, 0.25) is 0 Å². The monoisotopic (exact) mass is 399 g/mol. The minimum Gasteiger partial charge on any atom is -0.331 e. The minimum absolute atomic E-state index is 0.174. The Labute approximate surface area is 167 Å². The third-order valence-corrected chi connectivity index (χ3v) is 5.53. The molecule has 6 nitrogen and oxygen atoms in total.